The number of nitrogens with two attached hydrogens (primary N) is 1. The summed E-state index contributed by atoms with van der Waals surface area (Å²) in [6, 6.07) is 7.76. The average Bonchev–Trinajstić information content (AvgIpc) is 2.24. The lowest BCUT2D eigenvalue weighted by Gasteiger charge is -2.06. The second kappa shape index (κ2) is 6.23. The van der Waals surface area contributed by atoms with Gasteiger partial charge in [-0.25, -0.2) is 0 Å². The monoisotopic (exact) mass is 265 g/mol. The first-order valence-corrected chi connectivity index (χ1v) is 5.36. The van der Waals surface area contributed by atoms with Crippen molar-refractivity contribution in [3.05, 3.63) is 40.4 Å². The number of halogens is 1. The van der Waals surface area contributed by atoms with Crippen LogP contribution in [0.3, 0.4) is 0 Å². The third-order valence-electron chi connectivity index (χ3n) is 1.84. The summed E-state index contributed by atoms with van der Waals surface area (Å²) in [4.78, 5) is 0. The van der Waals surface area contributed by atoms with Gasteiger partial charge in [0.1, 0.15) is 6.07 Å². The third-order valence-corrected chi connectivity index (χ3v) is 2.50. The molecule has 4 heteroatoms. The fraction of sp³-hybridized carbons (Fsp3) is 0.182. The van der Waals surface area contributed by atoms with E-state index in [9.17, 15) is 0 Å². The van der Waals surface area contributed by atoms with Crippen molar-refractivity contribution in [2.24, 2.45) is 5.73 Å². The van der Waals surface area contributed by atoms with Crippen LogP contribution in [0.1, 0.15) is 5.56 Å². The van der Waals surface area contributed by atoms with Crippen molar-refractivity contribution in [3.63, 3.8) is 0 Å². The SMILES string of the molecule is N#Cc1c(Br)cccc1NC/C=C/CN. The van der Waals surface area contributed by atoms with Crippen molar-refractivity contribution in [2.75, 3.05) is 18.4 Å². The summed E-state index contributed by atoms with van der Waals surface area (Å²) < 4.78 is 0.804. The number of rotatable bonds is 4. The Bertz CT molecular complexity index is 393. The van der Waals surface area contributed by atoms with Crippen molar-refractivity contribution >= 4 is 21.6 Å². The summed E-state index contributed by atoms with van der Waals surface area (Å²) >= 11 is 3.33. The van der Waals surface area contributed by atoms with Gasteiger partial charge in [0.25, 0.3) is 0 Å². The molecule has 0 saturated carbocycles. The lowest BCUT2D eigenvalue weighted by Crippen LogP contribution is -2.02. The molecule has 0 bridgehead atoms. The Hall–Kier alpha value is -1.31. The number of hydrogen-bond acceptors (Lipinski definition) is 3. The van der Waals surface area contributed by atoms with Gasteiger partial charge in [-0.1, -0.05) is 18.2 Å². The Morgan fingerprint density at radius 1 is 1.47 bits per heavy atom. The largest absolute Gasteiger partial charge is 0.380 e. The van der Waals surface area contributed by atoms with Crippen LogP contribution in [-0.2, 0) is 0 Å². The number of benzene rings is 1. The molecule has 0 spiro atoms. The smallest absolute Gasteiger partial charge is 0.103 e. The van der Waals surface area contributed by atoms with Crippen LogP contribution < -0.4 is 11.1 Å². The molecule has 1 aromatic rings. The molecular formula is C11H12BrN3. The highest BCUT2D eigenvalue weighted by molar-refractivity contribution is 9.10. The number of hydrogen-bond donors (Lipinski definition) is 2. The molecule has 0 aromatic heterocycles. The summed E-state index contributed by atoms with van der Waals surface area (Å²) in [5.41, 5.74) is 6.76. The van der Waals surface area contributed by atoms with E-state index >= 15 is 0 Å². The first kappa shape index (κ1) is 11.8. The number of nitrogens with one attached hydrogen (secondary N) is 1. The number of anilines is 1. The van der Waals surface area contributed by atoms with Crippen LogP contribution in [0.25, 0.3) is 0 Å². The zero-order valence-corrected chi connectivity index (χ0v) is 9.79. The first-order valence-electron chi connectivity index (χ1n) is 4.57. The Balaban J connectivity index is 2.73. The van der Waals surface area contributed by atoms with Gasteiger partial charge in [-0.2, -0.15) is 5.26 Å². The van der Waals surface area contributed by atoms with Crippen LogP contribution in [0.5, 0.6) is 0 Å². The Kier molecular flexibility index (Phi) is 4.88. The second-order valence-electron chi connectivity index (χ2n) is 2.86. The quantitative estimate of drug-likeness (QED) is 0.821. The van der Waals surface area contributed by atoms with Gasteiger partial charge in [0.05, 0.1) is 11.3 Å². The summed E-state index contributed by atoms with van der Waals surface area (Å²) in [6.07, 6.45) is 3.80. The van der Waals surface area contributed by atoms with Gasteiger partial charge in [0.15, 0.2) is 0 Å². The molecular weight excluding hydrogens is 254 g/mol. The van der Waals surface area contributed by atoms with Crippen molar-refractivity contribution in [3.8, 4) is 6.07 Å². The fourth-order valence-electron chi connectivity index (χ4n) is 1.13. The van der Waals surface area contributed by atoms with Gasteiger partial charge >= 0.3 is 0 Å². The maximum atomic E-state index is 8.94. The molecule has 1 aromatic carbocycles. The second-order valence-corrected chi connectivity index (χ2v) is 3.72. The first-order chi connectivity index (χ1) is 7.29. The number of nitriles is 1. The van der Waals surface area contributed by atoms with Crippen LogP contribution in [-0.4, -0.2) is 13.1 Å². The molecule has 0 aliphatic carbocycles. The van der Waals surface area contributed by atoms with Gasteiger partial charge in [-0.15, -0.1) is 0 Å². The molecule has 78 valence electrons. The van der Waals surface area contributed by atoms with Gasteiger partial charge < -0.3 is 11.1 Å². The molecule has 15 heavy (non-hydrogen) atoms. The van der Waals surface area contributed by atoms with Crippen molar-refractivity contribution in [2.45, 2.75) is 0 Å². The molecule has 0 heterocycles. The standard InChI is InChI=1S/C11H12BrN3/c12-10-4-3-5-11(9(10)8-14)15-7-2-1-6-13/h1-5,15H,6-7,13H2/b2-1+. The summed E-state index contributed by atoms with van der Waals surface area (Å²) in [5, 5.41) is 12.1. The topological polar surface area (TPSA) is 61.8 Å². The van der Waals surface area contributed by atoms with E-state index in [0.29, 0.717) is 18.7 Å². The van der Waals surface area contributed by atoms with Crippen LogP contribution in [0, 0.1) is 11.3 Å². The molecule has 0 aliphatic rings. The van der Waals surface area contributed by atoms with Gasteiger partial charge in [0.2, 0.25) is 0 Å². The highest BCUT2D eigenvalue weighted by atomic mass is 79.9. The van der Waals surface area contributed by atoms with E-state index in [-0.39, 0.29) is 0 Å². The lowest BCUT2D eigenvalue weighted by atomic mass is 10.2. The van der Waals surface area contributed by atoms with Crippen molar-refractivity contribution < 1.29 is 0 Å². The average molecular weight is 266 g/mol. The minimum atomic E-state index is 0.533. The predicted octanol–water partition coefficient (Wildman–Crippen LogP) is 2.25. The number of nitrogens with zero attached hydrogens (tertiary/aromatic N) is 1. The summed E-state index contributed by atoms with van der Waals surface area (Å²) in [7, 11) is 0. The summed E-state index contributed by atoms with van der Waals surface area (Å²) in [5.74, 6) is 0. The maximum absolute atomic E-state index is 8.94. The molecule has 0 unspecified atom stereocenters. The Morgan fingerprint density at radius 3 is 2.93 bits per heavy atom. The van der Waals surface area contributed by atoms with E-state index < -0.39 is 0 Å². The van der Waals surface area contributed by atoms with E-state index in [1.807, 2.05) is 30.4 Å². The van der Waals surface area contributed by atoms with Gasteiger partial charge in [0, 0.05) is 17.6 Å². The molecule has 1 rings (SSSR count). The maximum Gasteiger partial charge on any atom is 0.103 e. The van der Waals surface area contributed by atoms with Crippen LogP contribution in [0.15, 0.2) is 34.8 Å². The van der Waals surface area contributed by atoms with Gasteiger partial charge in [-0.3, -0.25) is 0 Å². The molecule has 0 fully saturated rings. The minimum absolute atomic E-state index is 0.533. The third kappa shape index (κ3) is 3.39. The molecule has 0 atom stereocenters. The lowest BCUT2D eigenvalue weighted by molar-refractivity contribution is 1.22. The minimum Gasteiger partial charge on any atom is -0.380 e. The zero-order valence-electron chi connectivity index (χ0n) is 8.20. The Morgan fingerprint density at radius 2 is 2.27 bits per heavy atom. The molecule has 0 radical (unpaired) electrons. The molecule has 3 nitrogen and oxygen atoms in total. The van der Waals surface area contributed by atoms with Crippen molar-refractivity contribution in [1.29, 1.82) is 5.26 Å². The molecule has 0 aliphatic heterocycles. The molecule has 0 saturated heterocycles. The zero-order chi connectivity index (χ0) is 11.1. The molecule has 3 N–H and O–H groups in total. The molecule has 0 amide bonds. The highest BCUT2D eigenvalue weighted by Gasteiger charge is 2.03. The summed E-state index contributed by atoms with van der Waals surface area (Å²) in [6.45, 7) is 1.20. The van der Waals surface area contributed by atoms with E-state index in [1.165, 1.54) is 0 Å². The normalized spacial score (nSPS) is 10.2. The van der Waals surface area contributed by atoms with Crippen LogP contribution >= 0.6 is 15.9 Å². The van der Waals surface area contributed by atoms with Gasteiger partial charge in [-0.05, 0) is 28.1 Å². The predicted molar refractivity (Wildman–Crippen MR) is 65.5 cm³/mol. The van der Waals surface area contributed by atoms with E-state index in [1.54, 1.807) is 0 Å². The van der Waals surface area contributed by atoms with Crippen molar-refractivity contribution in [1.82, 2.24) is 0 Å². The van der Waals surface area contributed by atoms with E-state index in [0.717, 1.165) is 10.2 Å². The Labute approximate surface area is 97.7 Å². The van der Waals surface area contributed by atoms with Crippen LogP contribution in [0.4, 0.5) is 5.69 Å². The fourth-order valence-corrected chi connectivity index (χ4v) is 1.59. The van der Waals surface area contributed by atoms with Crippen LogP contribution in [0.2, 0.25) is 0 Å². The van der Waals surface area contributed by atoms with E-state index in [2.05, 4.69) is 27.3 Å². The van der Waals surface area contributed by atoms with E-state index in [4.69, 9.17) is 11.0 Å². The highest BCUT2D eigenvalue weighted by Crippen LogP contribution is 2.23.